The highest BCUT2D eigenvalue weighted by atomic mass is 35.5. The molecule has 4 nitrogen and oxygen atoms in total. The number of ether oxygens (including phenoxy) is 1. The topological polar surface area (TPSA) is 55.4 Å². The number of halogens is 2. The predicted molar refractivity (Wildman–Crippen MR) is 95.8 cm³/mol. The van der Waals surface area contributed by atoms with Gasteiger partial charge in [0, 0.05) is 10.7 Å². The minimum atomic E-state index is -0.963. The van der Waals surface area contributed by atoms with Crippen molar-refractivity contribution in [1.82, 2.24) is 0 Å². The first-order valence-corrected chi connectivity index (χ1v) is 8.22. The van der Waals surface area contributed by atoms with Gasteiger partial charge in [0.15, 0.2) is 6.10 Å². The summed E-state index contributed by atoms with van der Waals surface area (Å²) in [6, 6.07) is 11.9. The number of carbonyl (C=O) groups excluding carboxylic acids is 2. The van der Waals surface area contributed by atoms with Gasteiger partial charge in [0.2, 0.25) is 0 Å². The van der Waals surface area contributed by atoms with Crippen molar-refractivity contribution in [1.29, 1.82) is 0 Å². The first-order valence-electron chi connectivity index (χ1n) is 7.46. The monoisotopic (exact) mass is 365 g/mol. The SMILES string of the molecule is CCc1ccc(NC(=O)[C@@H](C)OC(=O)c2ccc(Cl)cc2Cl)cc1. The summed E-state index contributed by atoms with van der Waals surface area (Å²) in [7, 11) is 0. The minimum Gasteiger partial charge on any atom is -0.449 e. The molecule has 0 aliphatic carbocycles. The maximum absolute atomic E-state index is 12.1. The summed E-state index contributed by atoms with van der Waals surface area (Å²) in [5, 5.41) is 3.29. The molecule has 0 unspecified atom stereocenters. The highest BCUT2D eigenvalue weighted by Gasteiger charge is 2.20. The van der Waals surface area contributed by atoms with Crippen LogP contribution in [0.2, 0.25) is 10.0 Å². The maximum atomic E-state index is 12.1. The molecule has 1 atom stereocenters. The molecule has 0 heterocycles. The lowest BCUT2D eigenvalue weighted by molar-refractivity contribution is -0.123. The molecular formula is C18H17Cl2NO3. The Morgan fingerprint density at radius 2 is 1.79 bits per heavy atom. The van der Waals surface area contributed by atoms with E-state index in [0.717, 1.165) is 6.42 Å². The molecule has 0 radical (unpaired) electrons. The van der Waals surface area contributed by atoms with Crippen LogP contribution < -0.4 is 5.32 Å². The van der Waals surface area contributed by atoms with Gasteiger partial charge in [-0.2, -0.15) is 0 Å². The van der Waals surface area contributed by atoms with Crippen LogP contribution in [0.4, 0.5) is 5.69 Å². The summed E-state index contributed by atoms with van der Waals surface area (Å²) >= 11 is 11.7. The number of anilines is 1. The van der Waals surface area contributed by atoms with Gasteiger partial charge in [-0.25, -0.2) is 4.79 Å². The predicted octanol–water partition coefficient (Wildman–Crippen LogP) is 4.74. The zero-order chi connectivity index (χ0) is 17.7. The van der Waals surface area contributed by atoms with Crippen LogP contribution in [0.25, 0.3) is 0 Å². The number of hydrogen-bond donors (Lipinski definition) is 1. The van der Waals surface area contributed by atoms with E-state index in [1.807, 2.05) is 12.1 Å². The van der Waals surface area contributed by atoms with E-state index in [9.17, 15) is 9.59 Å². The van der Waals surface area contributed by atoms with Gasteiger partial charge in [-0.3, -0.25) is 4.79 Å². The highest BCUT2D eigenvalue weighted by Crippen LogP contribution is 2.22. The Balaban J connectivity index is 1.98. The Morgan fingerprint density at radius 3 is 2.38 bits per heavy atom. The molecule has 6 heteroatoms. The second-order valence-electron chi connectivity index (χ2n) is 5.21. The third kappa shape index (κ3) is 4.73. The third-order valence-electron chi connectivity index (χ3n) is 3.43. The van der Waals surface area contributed by atoms with Gasteiger partial charge in [0.1, 0.15) is 0 Å². The number of carbonyl (C=O) groups is 2. The summed E-state index contributed by atoms with van der Waals surface area (Å²) in [4.78, 5) is 24.2. The molecule has 1 N–H and O–H groups in total. The van der Waals surface area contributed by atoms with Crippen molar-refractivity contribution >= 4 is 40.8 Å². The first kappa shape index (κ1) is 18.3. The van der Waals surface area contributed by atoms with Gasteiger partial charge in [-0.15, -0.1) is 0 Å². The minimum absolute atomic E-state index is 0.160. The van der Waals surface area contributed by atoms with Crippen molar-refractivity contribution in [3.8, 4) is 0 Å². The second kappa shape index (κ2) is 8.18. The molecule has 2 rings (SSSR count). The Labute approximate surface area is 150 Å². The van der Waals surface area contributed by atoms with Crippen LogP contribution in [-0.2, 0) is 16.0 Å². The van der Waals surface area contributed by atoms with Gasteiger partial charge in [-0.05, 0) is 49.2 Å². The molecule has 0 fully saturated rings. The van der Waals surface area contributed by atoms with E-state index in [4.69, 9.17) is 27.9 Å². The molecule has 0 spiro atoms. The van der Waals surface area contributed by atoms with E-state index in [-0.39, 0.29) is 10.6 Å². The van der Waals surface area contributed by atoms with Gasteiger partial charge >= 0.3 is 5.97 Å². The Hall–Kier alpha value is -2.04. The van der Waals surface area contributed by atoms with Crippen LogP contribution in [0.3, 0.4) is 0 Å². The average Bonchev–Trinajstić information content (AvgIpc) is 2.55. The smallest absolute Gasteiger partial charge is 0.340 e. The molecule has 2 aromatic carbocycles. The van der Waals surface area contributed by atoms with E-state index in [0.29, 0.717) is 10.7 Å². The fraction of sp³-hybridized carbons (Fsp3) is 0.222. The summed E-state index contributed by atoms with van der Waals surface area (Å²) in [6.07, 6.45) is -0.0421. The number of amides is 1. The third-order valence-corrected chi connectivity index (χ3v) is 3.98. The molecule has 0 aliphatic rings. The lowest BCUT2D eigenvalue weighted by Crippen LogP contribution is -2.30. The standard InChI is InChI=1S/C18H17Cl2NO3/c1-3-12-4-7-14(8-5-12)21-17(22)11(2)24-18(23)15-9-6-13(19)10-16(15)20/h4-11H,3H2,1-2H3,(H,21,22)/t11-/m1/s1. The molecule has 0 saturated heterocycles. The Kier molecular flexibility index (Phi) is 6.23. The number of rotatable bonds is 5. The van der Waals surface area contributed by atoms with Crippen LogP contribution in [-0.4, -0.2) is 18.0 Å². The van der Waals surface area contributed by atoms with Crippen molar-refractivity contribution in [2.45, 2.75) is 26.4 Å². The first-order chi connectivity index (χ1) is 11.4. The van der Waals surface area contributed by atoms with Crippen molar-refractivity contribution < 1.29 is 14.3 Å². The fourth-order valence-electron chi connectivity index (χ4n) is 2.00. The number of hydrogen-bond acceptors (Lipinski definition) is 3. The summed E-state index contributed by atoms with van der Waals surface area (Å²) in [5.74, 6) is -1.10. The summed E-state index contributed by atoms with van der Waals surface area (Å²) in [5.41, 5.74) is 1.97. The van der Waals surface area contributed by atoms with Crippen molar-refractivity contribution in [2.24, 2.45) is 0 Å². The fourth-order valence-corrected chi connectivity index (χ4v) is 2.49. The Bertz CT molecular complexity index is 744. The van der Waals surface area contributed by atoms with Crippen LogP contribution in [0.1, 0.15) is 29.8 Å². The highest BCUT2D eigenvalue weighted by molar-refractivity contribution is 6.36. The van der Waals surface area contributed by atoms with E-state index in [1.54, 1.807) is 12.1 Å². The number of benzene rings is 2. The zero-order valence-corrected chi connectivity index (χ0v) is 14.8. The van der Waals surface area contributed by atoms with Gasteiger partial charge in [0.25, 0.3) is 5.91 Å². The van der Waals surface area contributed by atoms with E-state index in [2.05, 4.69) is 12.2 Å². The number of nitrogens with one attached hydrogen (secondary N) is 1. The molecule has 0 bridgehead atoms. The molecule has 24 heavy (non-hydrogen) atoms. The lowest BCUT2D eigenvalue weighted by atomic mass is 10.1. The lowest BCUT2D eigenvalue weighted by Gasteiger charge is -2.14. The number of esters is 1. The summed E-state index contributed by atoms with van der Waals surface area (Å²) in [6.45, 7) is 3.55. The molecule has 1 amide bonds. The quantitative estimate of drug-likeness (QED) is 0.778. The van der Waals surface area contributed by atoms with Gasteiger partial charge in [-0.1, -0.05) is 42.3 Å². The average molecular weight is 366 g/mol. The second-order valence-corrected chi connectivity index (χ2v) is 6.06. The normalized spacial score (nSPS) is 11.7. The molecule has 0 saturated carbocycles. The van der Waals surface area contributed by atoms with Crippen LogP contribution in [0.15, 0.2) is 42.5 Å². The molecule has 0 aliphatic heterocycles. The van der Waals surface area contributed by atoms with Crippen molar-refractivity contribution in [3.05, 3.63) is 63.6 Å². The molecular weight excluding hydrogens is 349 g/mol. The zero-order valence-electron chi connectivity index (χ0n) is 13.3. The molecule has 126 valence electrons. The largest absolute Gasteiger partial charge is 0.449 e. The van der Waals surface area contributed by atoms with Crippen molar-refractivity contribution in [3.63, 3.8) is 0 Å². The van der Waals surface area contributed by atoms with E-state index in [1.165, 1.54) is 30.7 Å². The van der Waals surface area contributed by atoms with Crippen molar-refractivity contribution in [2.75, 3.05) is 5.32 Å². The van der Waals surface area contributed by atoms with E-state index >= 15 is 0 Å². The van der Waals surface area contributed by atoms with E-state index < -0.39 is 18.0 Å². The van der Waals surface area contributed by atoms with Crippen LogP contribution in [0, 0.1) is 0 Å². The maximum Gasteiger partial charge on any atom is 0.340 e. The van der Waals surface area contributed by atoms with Gasteiger partial charge in [0.05, 0.1) is 10.6 Å². The molecule has 2 aromatic rings. The van der Waals surface area contributed by atoms with Gasteiger partial charge < -0.3 is 10.1 Å². The number of aryl methyl sites for hydroxylation is 1. The molecule has 0 aromatic heterocycles. The van der Waals surface area contributed by atoms with Crippen LogP contribution in [0.5, 0.6) is 0 Å². The summed E-state index contributed by atoms with van der Waals surface area (Å²) < 4.78 is 5.16. The Morgan fingerprint density at radius 1 is 1.12 bits per heavy atom. The van der Waals surface area contributed by atoms with Crippen LogP contribution >= 0.6 is 23.2 Å².